The minimum absolute atomic E-state index is 0.0820. The Balaban J connectivity index is 2.38. The maximum absolute atomic E-state index is 13.2. The number of nitrogens with one attached hydrogen (secondary N) is 1. The number of para-hydroxylation sites is 1. The lowest BCUT2D eigenvalue weighted by Gasteiger charge is -2.16. The van der Waals surface area contributed by atoms with Crippen molar-refractivity contribution in [3.05, 3.63) is 59.9 Å². The van der Waals surface area contributed by atoms with Gasteiger partial charge in [0.1, 0.15) is 5.82 Å². The van der Waals surface area contributed by atoms with Gasteiger partial charge in [-0.15, -0.1) is 0 Å². The zero-order chi connectivity index (χ0) is 15.5. The van der Waals surface area contributed by atoms with Crippen LogP contribution in [0.1, 0.15) is 31.7 Å². The van der Waals surface area contributed by atoms with Crippen molar-refractivity contribution in [2.24, 2.45) is 0 Å². The van der Waals surface area contributed by atoms with Crippen molar-refractivity contribution in [1.82, 2.24) is 0 Å². The zero-order valence-electron chi connectivity index (χ0n) is 12.0. The van der Waals surface area contributed by atoms with Gasteiger partial charge in [0.2, 0.25) is 0 Å². The molecule has 2 aromatic carbocycles. The number of anilines is 1. The van der Waals surface area contributed by atoms with E-state index in [4.69, 9.17) is 0 Å². The molecule has 0 saturated heterocycles. The maximum atomic E-state index is 13.2. The van der Waals surface area contributed by atoms with Crippen LogP contribution in [-0.2, 0) is 10.0 Å². The molecule has 21 heavy (non-hydrogen) atoms. The van der Waals surface area contributed by atoms with E-state index < -0.39 is 15.8 Å². The fraction of sp³-hybridized carbons (Fsp3) is 0.250. The van der Waals surface area contributed by atoms with E-state index in [2.05, 4.69) is 4.72 Å². The molecule has 1 unspecified atom stereocenters. The monoisotopic (exact) mass is 307 g/mol. The summed E-state index contributed by atoms with van der Waals surface area (Å²) in [4.78, 5) is -0.0820. The third kappa shape index (κ3) is 3.61. The Morgan fingerprint density at radius 3 is 2.52 bits per heavy atom. The van der Waals surface area contributed by atoms with Crippen LogP contribution in [-0.4, -0.2) is 8.42 Å². The SMILES string of the molecule is CCC(C)c1ccccc1NS(=O)(=O)c1cccc(F)c1. The zero-order valence-corrected chi connectivity index (χ0v) is 12.8. The largest absolute Gasteiger partial charge is 0.279 e. The van der Waals surface area contributed by atoms with Crippen LogP contribution in [0.5, 0.6) is 0 Å². The predicted octanol–water partition coefficient (Wildman–Crippen LogP) is 4.14. The van der Waals surface area contributed by atoms with Crippen molar-refractivity contribution < 1.29 is 12.8 Å². The summed E-state index contributed by atoms with van der Waals surface area (Å²) < 4.78 is 40.4. The van der Waals surface area contributed by atoms with Gasteiger partial charge in [0, 0.05) is 0 Å². The fourth-order valence-corrected chi connectivity index (χ4v) is 3.20. The van der Waals surface area contributed by atoms with E-state index in [9.17, 15) is 12.8 Å². The summed E-state index contributed by atoms with van der Waals surface area (Å²) in [6.45, 7) is 4.08. The van der Waals surface area contributed by atoms with E-state index in [1.165, 1.54) is 18.2 Å². The van der Waals surface area contributed by atoms with Crippen LogP contribution in [0.3, 0.4) is 0 Å². The molecule has 1 atom stereocenters. The molecule has 0 spiro atoms. The van der Waals surface area contributed by atoms with E-state index in [1.807, 2.05) is 26.0 Å². The number of rotatable bonds is 5. The second-order valence-corrected chi connectivity index (χ2v) is 6.64. The van der Waals surface area contributed by atoms with Crippen LogP contribution < -0.4 is 4.72 Å². The Labute approximate surface area is 124 Å². The maximum Gasteiger partial charge on any atom is 0.262 e. The molecule has 0 amide bonds. The number of benzene rings is 2. The average Bonchev–Trinajstić information content (AvgIpc) is 2.46. The minimum atomic E-state index is -3.79. The summed E-state index contributed by atoms with van der Waals surface area (Å²) in [6.07, 6.45) is 0.901. The Morgan fingerprint density at radius 2 is 1.86 bits per heavy atom. The highest BCUT2D eigenvalue weighted by molar-refractivity contribution is 7.92. The van der Waals surface area contributed by atoms with Crippen molar-refractivity contribution in [1.29, 1.82) is 0 Å². The molecular weight excluding hydrogens is 289 g/mol. The van der Waals surface area contributed by atoms with E-state index in [0.29, 0.717) is 5.69 Å². The summed E-state index contributed by atoms with van der Waals surface area (Å²) in [5.41, 5.74) is 1.47. The standard InChI is InChI=1S/C16H18FNO2S/c1-3-12(2)15-9-4-5-10-16(15)18-21(19,20)14-8-6-7-13(17)11-14/h4-12,18H,3H2,1-2H3. The average molecular weight is 307 g/mol. The molecule has 0 aliphatic heterocycles. The van der Waals surface area contributed by atoms with Gasteiger partial charge in [0.25, 0.3) is 10.0 Å². The molecule has 2 aromatic rings. The molecule has 2 rings (SSSR count). The summed E-state index contributed by atoms with van der Waals surface area (Å²) in [5.74, 6) is -0.343. The van der Waals surface area contributed by atoms with Gasteiger partial charge in [-0.25, -0.2) is 12.8 Å². The van der Waals surface area contributed by atoms with E-state index in [0.717, 1.165) is 18.1 Å². The quantitative estimate of drug-likeness (QED) is 0.902. The van der Waals surface area contributed by atoms with Gasteiger partial charge in [-0.2, -0.15) is 0 Å². The summed E-state index contributed by atoms with van der Waals surface area (Å²) in [5, 5.41) is 0. The molecule has 0 fully saturated rings. The Hall–Kier alpha value is -1.88. The molecule has 0 saturated carbocycles. The highest BCUT2D eigenvalue weighted by Crippen LogP contribution is 2.28. The molecule has 0 aromatic heterocycles. The summed E-state index contributed by atoms with van der Waals surface area (Å²) in [7, 11) is -3.79. The first-order valence-corrected chi connectivity index (χ1v) is 8.29. The smallest absolute Gasteiger partial charge is 0.262 e. The third-order valence-electron chi connectivity index (χ3n) is 3.45. The summed E-state index contributed by atoms with van der Waals surface area (Å²) >= 11 is 0. The first-order chi connectivity index (χ1) is 9.94. The molecule has 0 heterocycles. The van der Waals surface area contributed by atoms with Crippen LogP contribution in [0.25, 0.3) is 0 Å². The topological polar surface area (TPSA) is 46.2 Å². The van der Waals surface area contributed by atoms with Gasteiger partial charge >= 0.3 is 0 Å². The predicted molar refractivity (Wildman–Crippen MR) is 82.4 cm³/mol. The van der Waals surface area contributed by atoms with Crippen LogP contribution in [0.15, 0.2) is 53.4 Å². The van der Waals surface area contributed by atoms with Crippen molar-refractivity contribution in [2.45, 2.75) is 31.1 Å². The molecule has 0 aliphatic carbocycles. The lowest BCUT2D eigenvalue weighted by Crippen LogP contribution is -2.15. The van der Waals surface area contributed by atoms with E-state index >= 15 is 0 Å². The molecule has 3 nitrogen and oxygen atoms in total. The van der Waals surface area contributed by atoms with Gasteiger partial charge in [-0.3, -0.25) is 4.72 Å². The highest BCUT2D eigenvalue weighted by Gasteiger charge is 2.17. The summed E-state index contributed by atoms with van der Waals surface area (Å²) in [6, 6.07) is 12.2. The van der Waals surface area contributed by atoms with Gasteiger partial charge < -0.3 is 0 Å². The van der Waals surface area contributed by atoms with E-state index in [1.54, 1.807) is 12.1 Å². The third-order valence-corrected chi connectivity index (χ3v) is 4.82. The number of halogens is 1. The van der Waals surface area contributed by atoms with Crippen molar-refractivity contribution in [3.8, 4) is 0 Å². The molecule has 5 heteroatoms. The van der Waals surface area contributed by atoms with Crippen LogP contribution in [0, 0.1) is 5.82 Å². The number of hydrogen-bond donors (Lipinski definition) is 1. The first-order valence-electron chi connectivity index (χ1n) is 6.81. The van der Waals surface area contributed by atoms with Crippen LogP contribution in [0.2, 0.25) is 0 Å². The van der Waals surface area contributed by atoms with Crippen molar-refractivity contribution in [3.63, 3.8) is 0 Å². The van der Waals surface area contributed by atoms with Crippen molar-refractivity contribution in [2.75, 3.05) is 4.72 Å². The van der Waals surface area contributed by atoms with Gasteiger partial charge in [0.15, 0.2) is 0 Å². The Kier molecular flexibility index (Phi) is 4.63. The molecular formula is C16H18FNO2S. The molecule has 1 N–H and O–H groups in total. The number of hydrogen-bond acceptors (Lipinski definition) is 2. The fourth-order valence-electron chi connectivity index (χ4n) is 2.08. The minimum Gasteiger partial charge on any atom is -0.279 e. The molecule has 0 aliphatic rings. The Bertz CT molecular complexity index is 729. The van der Waals surface area contributed by atoms with Gasteiger partial charge in [0.05, 0.1) is 10.6 Å². The van der Waals surface area contributed by atoms with Crippen molar-refractivity contribution >= 4 is 15.7 Å². The second-order valence-electron chi connectivity index (χ2n) is 4.96. The number of sulfonamides is 1. The van der Waals surface area contributed by atoms with E-state index in [-0.39, 0.29) is 10.8 Å². The van der Waals surface area contributed by atoms with Gasteiger partial charge in [-0.05, 0) is 42.2 Å². The lowest BCUT2D eigenvalue weighted by atomic mass is 9.97. The van der Waals surface area contributed by atoms with Crippen LogP contribution >= 0.6 is 0 Å². The molecule has 0 radical (unpaired) electrons. The van der Waals surface area contributed by atoms with Crippen LogP contribution in [0.4, 0.5) is 10.1 Å². The van der Waals surface area contributed by atoms with Gasteiger partial charge in [-0.1, -0.05) is 38.1 Å². The normalized spacial score (nSPS) is 12.9. The highest BCUT2D eigenvalue weighted by atomic mass is 32.2. The molecule has 0 bridgehead atoms. The molecule has 112 valence electrons. The Morgan fingerprint density at radius 1 is 1.14 bits per heavy atom. The second kappa shape index (κ2) is 6.26. The first kappa shape index (κ1) is 15.5. The lowest BCUT2D eigenvalue weighted by molar-refractivity contribution is 0.595.